The lowest BCUT2D eigenvalue weighted by Crippen LogP contribution is -2.14. The van der Waals surface area contributed by atoms with Crippen molar-refractivity contribution in [3.05, 3.63) is 36.7 Å². The highest BCUT2D eigenvalue weighted by Gasteiger charge is 2.19. The van der Waals surface area contributed by atoms with Crippen LogP contribution in [-0.4, -0.2) is 34.2 Å². The molecule has 3 aromatic rings. The van der Waals surface area contributed by atoms with Crippen LogP contribution in [0.25, 0.3) is 22.6 Å². The Morgan fingerprint density at radius 1 is 1.17 bits per heavy atom. The molecule has 0 amide bonds. The molecule has 0 radical (unpaired) electrons. The molecule has 8 heteroatoms. The van der Waals surface area contributed by atoms with Gasteiger partial charge in [-0.3, -0.25) is 4.72 Å². The Labute approximate surface area is 140 Å². The Bertz CT molecular complexity index is 979. The van der Waals surface area contributed by atoms with Gasteiger partial charge in [0.1, 0.15) is 5.69 Å². The molecule has 24 heavy (non-hydrogen) atoms. The number of fused-ring (bicyclic) bond motifs is 1. The number of nitrogens with one attached hydrogen (secondary N) is 1. The van der Waals surface area contributed by atoms with Crippen LogP contribution in [0.2, 0.25) is 0 Å². The Morgan fingerprint density at radius 2 is 1.88 bits per heavy atom. The summed E-state index contributed by atoms with van der Waals surface area (Å²) in [6, 6.07) is 7.80. The van der Waals surface area contributed by atoms with Crippen LogP contribution in [0.15, 0.2) is 36.7 Å². The van der Waals surface area contributed by atoms with E-state index in [0.29, 0.717) is 17.4 Å². The van der Waals surface area contributed by atoms with Crippen molar-refractivity contribution in [1.82, 2.24) is 19.5 Å². The molecule has 1 aromatic carbocycles. The van der Waals surface area contributed by atoms with Gasteiger partial charge in [-0.15, -0.1) is 0 Å². The zero-order valence-corrected chi connectivity index (χ0v) is 14.6. The van der Waals surface area contributed by atoms with Gasteiger partial charge in [0.05, 0.1) is 17.3 Å². The summed E-state index contributed by atoms with van der Waals surface area (Å²) in [5.41, 5.74) is 2.24. The van der Waals surface area contributed by atoms with Gasteiger partial charge in [0, 0.05) is 18.9 Å². The normalized spacial score (nSPS) is 12.0. The average molecular weight is 345 g/mol. The van der Waals surface area contributed by atoms with Gasteiger partial charge in [-0.2, -0.15) is 0 Å². The van der Waals surface area contributed by atoms with E-state index in [9.17, 15) is 8.42 Å². The predicted octanol–water partition coefficient (Wildman–Crippen LogP) is 2.52. The third kappa shape index (κ3) is 3.38. The second-order valence-electron chi connectivity index (χ2n) is 6.06. The Morgan fingerprint density at radius 3 is 2.58 bits per heavy atom. The number of imidazole rings is 1. The minimum Gasteiger partial charge on any atom is -0.322 e. The number of aromatic nitrogens is 4. The number of nitrogens with zero attached hydrogens (tertiary/aromatic N) is 4. The average Bonchev–Trinajstić information content (AvgIpc) is 2.84. The van der Waals surface area contributed by atoms with Crippen molar-refractivity contribution in [3.63, 3.8) is 0 Å². The number of rotatable bonds is 5. The highest BCUT2D eigenvalue weighted by molar-refractivity contribution is 7.92. The first-order chi connectivity index (χ1) is 11.3. The number of anilines is 1. The summed E-state index contributed by atoms with van der Waals surface area (Å²) in [5, 5.41) is 0. The molecule has 0 atom stereocenters. The quantitative estimate of drug-likeness (QED) is 0.767. The van der Waals surface area contributed by atoms with Gasteiger partial charge in [-0.1, -0.05) is 26.0 Å². The first kappa shape index (κ1) is 16.4. The van der Waals surface area contributed by atoms with Crippen LogP contribution < -0.4 is 4.72 Å². The molecule has 126 valence electrons. The summed E-state index contributed by atoms with van der Waals surface area (Å²) < 4.78 is 27.7. The lowest BCUT2D eigenvalue weighted by molar-refractivity contribution is 0.536. The second-order valence-corrected chi connectivity index (χ2v) is 7.80. The van der Waals surface area contributed by atoms with Crippen molar-refractivity contribution in [1.29, 1.82) is 0 Å². The molecule has 0 fully saturated rings. The molecule has 3 rings (SSSR count). The predicted molar refractivity (Wildman–Crippen MR) is 94.1 cm³/mol. The van der Waals surface area contributed by atoms with E-state index < -0.39 is 10.0 Å². The number of hydrogen-bond donors (Lipinski definition) is 1. The minimum atomic E-state index is -3.46. The highest BCUT2D eigenvalue weighted by atomic mass is 32.2. The van der Waals surface area contributed by atoms with Gasteiger partial charge in [0.2, 0.25) is 10.0 Å². The lowest BCUT2D eigenvalue weighted by Gasteiger charge is -2.13. The molecule has 2 aromatic heterocycles. The second kappa shape index (κ2) is 6.20. The molecule has 0 aliphatic rings. The third-order valence-electron chi connectivity index (χ3n) is 3.39. The van der Waals surface area contributed by atoms with E-state index in [1.165, 1.54) is 12.4 Å². The molecule has 0 unspecified atom stereocenters. The summed E-state index contributed by atoms with van der Waals surface area (Å²) in [6.45, 7) is 4.97. The SMILES string of the molecule is CC(C)Cn1c(-c2nccnc2NS(C)(=O)=O)nc2ccccc21. The summed E-state index contributed by atoms with van der Waals surface area (Å²) in [7, 11) is -3.46. The molecule has 0 saturated heterocycles. The molecule has 0 saturated carbocycles. The van der Waals surface area contributed by atoms with Gasteiger partial charge >= 0.3 is 0 Å². The maximum atomic E-state index is 11.6. The van der Waals surface area contributed by atoms with E-state index in [1.54, 1.807) is 0 Å². The molecular formula is C16H19N5O2S. The Kier molecular flexibility index (Phi) is 4.23. The number of para-hydroxylation sites is 2. The molecule has 2 heterocycles. The molecule has 7 nitrogen and oxygen atoms in total. The Balaban J connectivity index is 2.23. The standard InChI is InChI=1S/C16H19N5O2S/c1-11(2)10-21-13-7-5-4-6-12(13)19-16(21)14-15(18-9-8-17-14)20-24(3,22)23/h4-9,11H,10H2,1-3H3,(H,18,20). The van der Waals surface area contributed by atoms with Crippen molar-refractivity contribution in [2.75, 3.05) is 11.0 Å². The van der Waals surface area contributed by atoms with Gasteiger partial charge in [-0.25, -0.2) is 23.4 Å². The van der Waals surface area contributed by atoms with E-state index in [2.05, 4.69) is 38.1 Å². The van der Waals surface area contributed by atoms with Crippen LogP contribution in [0.3, 0.4) is 0 Å². The molecular weight excluding hydrogens is 326 g/mol. The first-order valence-corrected chi connectivity index (χ1v) is 9.49. The van der Waals surface area contributed by atoms with Crippen molar-refractivity contribution >= 4 is 26.9 Å². The fourth-order valence-electron chi connectivity index (χ4n) is 2.56. The van der Waals surface area contributed by atoms with Crippen LogP contribution in [0.1, 0.15) is 13.8 Å². The van der Waals surface area contributed by atoms with E-state index in [-0.39, 0.29) is 5.82 Å². The topological polar surface area (TPSA) is 89.8 Å². The van der Waals surface area contributed by atoms with Crippen LogP contribution >= 0.6 is 0 Å². The van der Waals surface area contributed by atoms with E-state index in [1.807, 2.05) is 24.3 Å². The van der Waals surface area contributed by atoms with Crippen molar-refractivity contribution in [2.45, 2.75) is 20.4 Å². The molecule has 0 spiro atoms. The van der Waals surface area contributed by atoms with Crippen molar-refractivity contribution in [2.24, 2.45) is 5.92 Å². The maximum Gasteiger partial charge on any atom is 0.231 e. The van der Waals surface area contributed by atoms with E-state index in [0.717, 1.165) is 23.8 Å². The van der Waals surface area contributed by atoms with Crippen LogP contribution in [0.4, 0.5) is 5.82 Å². The van der Waals surface area contributed by atoms with Gasteiger partial charge < -0.3 is 4.57 Å². The van der Waals surface area contributed by atoms with Crippen LogP contribution in [0, 0.1) is 5.92 Å². The number of hydrogen-bond acceptors (Lipinski definition) is 5. The molecule has 1 N–H and O–H groups in total. The molecule has 0 bridgehead atoms. The Hall–Kier alpha value is -2.48. The summed E-state index contributed by atoms with van der Waals surface area (Å²) in [6.07, 6.45) is 4.07. The van der Waals surface area contributed by atoms with Crippen LogP contribution in [-0.2, 0) is 16.6 Å². The zero-order chi connectivity index (χ0) is 17.3. The lowest BCUT2D eigenvalue weighted by atomic mass is 10.2. The number of benzene rings is 1. The van der Waals surface area contributed by atoms with Crippen LogP contribution in [0.5, 0.6) is 0 Å². The van der Waals surface area contributed by atoms with Crippen molar-refractivity contribution in [3.8, 4) is 11.5 Å². The van der Waals surface area contributed by atoms with Gasteiger partial charge in [-0.05, 0) is 18.1 Å². The summed E-state index contributed by atoms with van der Waals surface area (Å²) in [4.78, 5) is 13.1. The fourth-order valence-corrected chi connectivity index (χ4v) is 3.06. The molecule has 0 aliphatic heterocycles. The smallest absolute Gasteiger partial charge is 0.231 e. The molecule has 0 aliphatic carbocycles. The zero-order valence-electron chi connectivity index (χ0n) is 13.8. The van der Waals surface area contributed by atoms with Gasteiger partial charge in [0.25, 0.3) is 0 Å². The van der Waals surface area contributed by atoms with E-state index in [4.69, 9.17) is 0 Å². The van der Waals surface area contributed by atoms with Crippen molar-refractivity contribution < 1.29 is 8.42 Å². The monoisotopic (exact) mass is 345 g/mol. The maximum absolute atomic E-state index is 11.6. The third-order valence-corrected chi connectivity index (χ3v) is 3.96. The minimum absolute atomic E-state index is 0.181. The summed E-state index contributed by atoms with van der Waals surface area (Å²) in [5.74, 6) is 1.17. The highest BCUT2D eigenvalue weighted by Crippen LogP contribution is 2.28. The van der Waals surface area contributed by atoms with Gasteiger partial charge in [0.15, 0.2) is 11.6 Å². The fraction of sp³-hybridized carbons (Fsp3) is 0.312. The van der Waals surface area contributed by atoms with E-state index >= 15 is 0 Å². The number of sulfonamides is 1. The largest absolute Gasteiger partial charge is 0.322 e. The first-order valence-electron chi connectivity index (χ1n) is 7.59. The summed E-state index contributed by atoms with van der Waals surface area (Å²) >= 11 is 0.